The average molecular weight is 246 g/mol. The minimum absolute atomic E-state index is 0.000625. The van der Waals surface area contributed by atoms with Gasteiger partial charge in [-0.2, -0.15) is 0 Å². The van der Waals surface area contributed by atoms with Crippen molar-refractivity contribution in [2.45, 2.75) is 63.6 Å². The van der Waals surface area contributed by atoms with E-state index in [0.29, 0.717) is 0 Å². The highest BCUT2D eigenvalue weighted by Crippen LogP contribution is 2.45. The highest BCUT2D eigenvalue weighted by molar-refractivity contribution is 5.10. The quantitative estimate of drug-likeness (QED) is 0.743. The second kappa shape index (κ2) is 5.22. The molecule has 1 heterocycles. The molecule has 0 radical (unpaired) electrons. The van der Waals surface area contributed by atoms with Crippen LogP contribution < -0.4 is 0 Å². The van der Waals surface area contributed by atoms with Crippen LogP contribution in [0.3, 0.4) is 0 Å². The monoisotopic (exact) mass is 246 g/mol. The fourth-order valence-electron chi connectivity index (χ4n) is 2.98. The fraction of sp³-hybridized carbons (Fsp3) is 1.00. The third kappa shape index (κ3) is 2.12. The van der Waals surface area contributed by atoms with Crippen molar-refractivity contribution in [1.29, 1.82) is 0 Å². The first-order valence-electron chi connectivity index (χ1n) is 6.18. The molecule has 102 valence electrons. The summed E-state index contributed by atoms with van der Waals surface area (Å²) in [4.78, 5) is 0. The molecule has 1 fully saturated rings. The van der Waals surface area contributed by atoms with Crippen molar-refractivity contribution in [3.05, 3.63) is 0 Å². The third-order valence-corrected chi connectivity index (χ3v) is 4.20. The summed E-state index contributed by atoms with van der Waals surface area (Å²) in [6.45, 7) is 8.18. The molecule has 0 bridgehead atoms. The normalized spacial score (nSPS) is 38.6. The van der Waals surface area contributed by atoms with E-state index in [1.807, 2.05) is 20.8 Å². The average Bonchev–Trinajstić information content (AvgIpc) is 2.61. The van der Waals surface area contributed by atoms with Crippen molar-refractivity contribution in [2.24, 2.45) is 0 Å². The van der Waals surface area contributed by atoms with Crippen molar-refractivity contribution in [3.8, 4) is 0 Å². The molecule has 1 rings (SSSR count). The molecule has 4 atom stereocenters. The van der Waals surface area contributed by atoms with E-state index in [1.165, 1.54) is 0 Å². The Bertz CT molecular complexity index is 254. The van der Waals surface area contributed by atoms with Gasteiger partial charge in [0.05, 0.1) is 11.7 Å². The lowest BCUT2D eigenvalue weighted by molar-refractivity contribution is -0.207. The molecule has 4 unspecified atom stereocenters. The summed E-state index contributed by atoms with van der Waals surface area (Å²) in [6, 6.07) is 0. The molecule has 4 nitrogen and oxygen atoms in total. The van der Waals surface area contributed by atoms with E-state index in [-0.39, 0.29) is 18.3 Å². The van der Waals surface area contributed by atoms with Gasteiger partial charge in [-0.25, -0.2) is 0 Å². The Morgan fingerprint density at radius 3 is 2.12 bits per heavy atom. The minimum Gasteiger partial charge on any atom is -0.376 e. The smallest absolute Gasteiger partial charge is 0.125 e. The number of hydrogen-bond acceptors (Lipinski definition) is 4. The number of ether oxygens (including phenoxy) is 4. The Balaban J connectivity index is 3.15. The summed E-state index contributed by atoms with van der Waals surface area (Å²) in [6.07, 6.45) is 0.632. The molecule has 0 saturated carbocycles. The Labute approximate surface area is 105 Å². The SMILES string of the molecule is CCC1(C(C)(C)OC)OC(C)C(OC)C1OC. The van der Waals surface area contributed by atoms with Crippen molar-refractivity contribution in [2.75, 3.05) is 21.3 Å². The van der Waals surface area contributed by atoms with Crippen LogP contribution in [0.25, 0.3) is 0 Å². The predicted molar refractivity (Wildman–Crippen MR) is 66.3 cm³/mol. The number of hydrogen-bond donors (Lipinski definition) is 0. The molecule has 0 aromatic carbocycles. The zero-order valence-corrected chi connectivity index (χ0v) is 12.1. The molecule has 4 heteroatoms. The third-order valence-electron chi connectivity index (χ3n) is 4.20. The molecule has 0 aliphatic carbocycles. The number of rotatable bonds is 5. The van der Waals surface area contributed by atoms with Gasteiger partial charge in [0.15, 0.2) is 0 Å². The van der Waals surface area contributed by atoms with E-state index >= 15 is 0 Å². The first kappa shape index (κ1) is 14.9. The molecular formula is C13H26O4. The maximum absolute atomic E-state index is 6.19. The van der Waals surface area contributed by atoms with Crippen LogP contribution in [-0.2, 0) is 18.9 Å². The first-order valence-corrected chi connectivity index (χ1v) is 6.18. The first-order chi connectivity index (χ1) is 7.90. The lowest BCUT2D eigenvalue weighted by Gasteiger charge is -2.45. The highest BCUT2D eigenvalue weighted by atomic mass is 16.6. The second-order valence-corrected chi connectivity index (χ2v) is 5.14. The predicted octanol–water partition coefficient (Wildman–Crippen LogP) is 2.01. The molecule has 0 amide bonds. The summed E-state index contributed by atoms with van der Waals surface area (Å²) in [5, 5.41) is 0. The summed E-state index contributed by atoms with van der Waals surface area (Å²) in [5.74, 6) is 0. The van der Waals surface area contributed by atoms with Gasteiger partial charge >= 0.3 is 0 Å². The van der Waals surface area contributed by atoms with Gasteiger partial charge in [-0.3, -0.25) is 0 Å². The Morgan fingerprint density at radius 2 is 1.76 bits per heavy atom. The second-order valence-electron chi connectivity index (χ2n) is 5.14. The van der Waals surface area contributed by atoms with Crippen LogP contribution in [0.15, 0.2) is 0 Å². The largest absolute Gasteiger partial charge is 0.376 e. The van der Waals surface area contributed by atoms with Crippen molar-refractivity contribution in [3.63, 3.8) is 0 Å². The van der Waals surface area contributed by atoms with Gasteiger partial charge < -0.3 is 18.9 Å². The molecule has 1 aliphatic heterocycles. The standard InChI is InChI=1S/C13H26O4/c1-8-13(12(3,4)16-7)11(15-6)10(14-5)9(2)17-13/h9-11H,8H2,1-7H3. The summed E-state index contributed by atoms with van der Waals surface area (Å²) in [7, 11) is 5.11. The molecule has 0 spiro atoms. The van der Waals surface area contributed by atoms with Gasteiger partial charge in [-0.15, -0.1) is 0 Å². The molecule has 1 aliphatic rings. The van der Waals surface area contributed by atoms with Crippen LogP contribution >= 0.6 is 0 Å². The fourth-order valence-corrected chi connectivity index (χ4v) is 2.98. The summed E-state index contributed by atoms with van der Waals surface area (Å²) in [5.41, 5.74) is -0.902. The molecular weight excluding hydrogens is 220 g/mol. The van der Waals surface area contributed by atoms with Gasteiger partial charge in [0.2, 0.25) is 0 Å². The Morgan fingerprint density at radius 1 is 1.18 bits per heavy atom. The molecule has 0 aromatic heterocycles. The van der Waals surface area contributed by atoms with Crippen LogP contribution in [0.1, 0.15) is 34.1 Å². The van der Waals surface area contributed by atoms with Crippen LogP contribution in [0.4, 0.5) is 0 Å². The van der Waals surface area contributed by atoms with Gasteiger partial charge in [-0.05, 0) is 27.2 Å². The lowest BCUT2D eigenvalue weighted by atomic mass is 9.78. The number of methoxy groups -OCH3 is 3. The maximum atomic E-state index is 6.19. The van der Waals surface area contributed by atoms with Gasteiger partial charge in [0, 0.05) is 21.3 Å². The van der Waals surface area contributed by atoms with E-state index in [2.05, 4.69) is 6.92 Å². The van der Waals surface area contributed by atoms with Crippen molar-refractivity contribution < 1.29 is 18.9 Å². The molecule has 0 aromatic rings. The van der Waals surface area contributed by atoms with Crippen LogP contribution in [0.5, 0.6) is 0 Å². The van der Waals surface area contributed by atoms with Crippen LogP contribution in [0, 0.1) is 0 Å². The van der Waals surface area contributed by atoms with Gasteiger partial charge in [0.1, 0.15) is 17.8 Å². The topological polar surface area (TPSA) is 36.9 Å². The van der Waals surface area contributed by atoms with E-state index in [1.54, 1.807) is 21.3 Å². The Kier molecular flexibility index (Phi) is 4.58. The lowest BCUT2D eigenvalue weighted by Crippen LogP contribution is -2.59. The van der Waals surface area contributed by atoms with Gasteiger partial charge in [-0.1, -0.05) is 6.92 Å². The molecule has 0 N–H and O–H groups in total. The van der Waals surface area contributed by atoms with Crippen LogP contribution in [-0.4, -0.2) is 50.8 Å². The van der Waals surface area contributed by atoms with Crippen molar-refractivity contribution >= 4 is 0 Å². The maximum Gasteiger partial charge on any atom is 0.125 e. The van der Waals surface area contributed by atoms with E-state index in [9.17, 15) is 0 Å². The van der Waals surface area contributed by atoms with Crippen molar-refractivity contribution in [1.82, 2.24) is 0 Å². The Hall–Kier alpha value is -0.160. The zero-order valence-electron chi connectivity index (χ0n) is 12.1. The van der Waals surface area contributed by atoms with Gasteiger partial charge in [0.25, 0.3) is 0 Å². The molecule has 17 heavy (non-hydrogen) atoms. The summed E-state index contributed by atoms with van der Waals surface area (Å²) < 4.78 is 23.0. The van der Waals surface area contributed by atoms with E-state index in [0.717, 1.165) is 6.42 Å². The van der Waals surface area contributed by atoms with E-state index in [4.69, 9.17) is 18.9 Å². The van der Waals surface area contributed by atoms with E-state index < -0.39 is 11.2 Å². The summed E-state index contributed by atoms with van der Waals surface area (Å²) >= 11 is 0. The zero-order chi connectivity index (χ0) is 13.3. The molecule has 1 saturated heterocycles. The minimum atomic E-state index is -0.476. The van der Waals surface area contributed by atoms with Crippen LogP contribution in [0.2, 0.25) is 0 Å². The highest BCUT2D eigenvalue weighted by Gasteiger charge is 2.61.